The number of rotatable bonds is 8. The Hall–Kier alpha value is -3.35. The summed E-state index contributed by atoms with van der Waals surface area (Å²) < 4.78 is 5.14. The van der Waals surface area contributed by atoms with Crippen LogP contribution in [-0.4, -0.2) is 23.9 Å². The van der Waals surface area contributed by atoms with Gasteiger partial charge in [-0.15, -0.1) is 0 Å². The monoisotopic (exact) mass is 409 g/mol. The molecular formula is C23H27N3O4. The van der Waals surface area contributed by atoms with Gasteiger partial charge in [0.25, 0.3) is 0 Å². The summed E-state index contributed by atoms with van der Waals surface area (Å²) in [5.74, 6) is -0.107. The first-order valence-corrected chi connectivity index (χ1v) is 10.1. The fraction of sp³-hybridized carbons (Fsp3) is 0.348. The normalized spacial score (nSPS) is 14.9. The first-order chi connectivity index (χ1) is 14.4. The van der Waals surface area contributed by atoms with Crippen molar-refractivity contribution in [3.63, 3.8) is 0 Å². The second kappa shape index (κ2) is 9.91. The molecule has 0 aromatic heterocycles. The summed E-state index contributed by atoms with van der Waals surface area (Å²) in [6, 6.07) is 15.7. The third kappa shape index (κ3) is 6.34. The van der Waals surface area contributed by atoms with E-state index in [-0.39, 0.29) is 30.4 Å². The van der Waals surface area contributed by atoms with Crippen LogP contribution >= 0.6 is 0 Å². The molecule has 158 valence electrons. The minimum absolute atomic E-state index is 0.0585. The van der Waals surface area contributed by atoms with E-state index >= 15 is 0 Å². The van der Waals surface area contributed by atoms with Crippen molar-refractivity contribution in [2.45, 2.75) is 45.4 Å². The summed E-state index contributed by atoms with van der Waals surface area (Å²) in [4.78, 5) is 36.1. The molecule has 3 rings (SSSR count). The molecule has 7 nitrogen and oxygen atoms in total. The predicted octanol–water partition coefficient (Wildman–Crippen LogP) is 3.53. The highest BCUT2D eigenvalue weighted by molar-refractivity contribution is 5.94. The van der Waals surface area contributed by atoms with Gasteiger partial charge in [-0.2, -0.15) is 0 Å². The van der Waals surface area contributed by atoms with Gasteiger partial charge in [-0.1, -0.05) is 42.5 Å². The summed E-state index contributed by atoms with van der Waals surface area (Å²) in [6.07, 6.45) is 1.27. The Labute approximate surface area is 176 Å². The van der Waals surface area contributed by atoms with Crippen molar-refractivity contribution in [1.29, 1.82) is 0 Å². The Morgan fingerprint density at radius 3 is 2.27 bits per heavy atom. The third-order valence-corrected chi connectivity index (χ3v) is 4.93. The first kappa shape index (κ1) is 21.4. The van der Waals surface area contributed by atoms with E-state index in [2.05, 4.69) is 16.0 Å². The quantitative estimate of drug-likeness (QED) is 0.621. The standard InChI is InChI=1S/C23H27N3O4/c1-15(18-10-12-20(13-11-18)26-22(28)19-8-9-19)24-21(27)16(2)25-23(29)30-14-17-6-4-3-5-7-17/h3-7,10-13,15-16,19H,8-9,14H2,1-2H3,(H,24,27)(H,25,29)(H,26,28)/t15-,16+/m0/s1. The lowest BCUT2D eigenvalue weighted by molar-refractivity contribution is -0.123. The fourth-order valence-electron chi connectivity index (χ4n) is 2.87. The van der Waals surface area contributed by atoms with Gasteiger partial charge in [-0.25, -0.2) is 4.79 Å². The van der Waals surface area contributed by atoms with E-state index in [9.17, 15) is 14.4 Å². The van der Waals surface area contributed by atoms with Crippen molar-refractivity contribution in [3.05, 3.63) is 65.7 Å². The minimum atomic E-state index is -0.743. The van der Waals surface area contributed by atoms with Crippen LogP contribution in [0.1, 0.15) is 43.9 Å². The topological polar surface area (TPSA) is 96.5 Å². The molecule has 0 aliphatic heterocycles. The van der Waals surface area contributed by atoms with Crippen molar-refractivity contribution in [2.24, 2.45) is 5.92 Å². The van der Waals surface area contributed by atoms with Crippen LogP contribution in [0, 0.1) is 5.92 Å². The van der Waals surface area contributed by atoms with Crippen LogP contribution in [0.5, 0.6) is 0 Å². The van der Waals surface area contributed by atoms with Crippen molar-refractivity contribution < 1.29 is 19.1 Å². The fourth-order valence-corrected chi connectivity index (χ4v) is 2.87. The molecule has 1 saturated carbocycles. The molecule has 0 saturated heterocycles. The van der Waals surface area contributed by atoms with Crippen LogP contribution in [0.4, 0.5) is 10.5 Å². The van der Waals surface area contributed by atoms with E-state index in [0.29, 0.717) is 0 Å². The van der Waals surface area contributed by atoms with Gasteiger partial charge in [0.2, 0.25) is 11.8 Å². The Morgan fingerprint density at radius 1 is 0.967 bits per heavy atom. The van der Waals surface area contributed by atoms with Crippen LogP contribution in [0.2, 0.25) is 0 Å². The maximum atomic E-state index is 12.4. The van der Waals surface area contributed by atoms with E-state index in [1.165, 1.54) is 0 Å². The highest BCUT2D eigenvalue weighted by Gasteiger charge is 2.29. The van der Waals surface area contributed by atoms with E-state index in [1.807, 2.05) is 61.5 Å². The van der Waals surface area contributed by atoms with Gasteiger partial charge in [-0.3, -0.25) is 9.59 Å². The molecule has 1 aliphatic rings. The van der Waals surface area contributed by atoms with Crippen LogP contribution < -0.4 is 16.0 Å². The second-order valence-corrected chi connectivity index (χ2v) is 7.54. The number of amides is 3. The molecule has 7 heteroatoms. The van der Waals surface area contributed by atoms with Gasteiger partial charge in [0, 0.05) is 11.6 Å². The van der Waals surface area contributed by atoms with E-state index in [0.717, 1.165) is 29.7 Å². The number of carbonyl (C=O) groups is 3. The molecule has 1 fully saturated rings. The van der Waals surface area contributed by atoms with Crippen molar-refractivity contribution in [1.82, 2.24) is 10.6 Å². The third-order valence-electron chi connectivity index (χ3n) is 4.93. The van der Waals surface area contributed by atoms with E-state index in [4.69, 9.17) is 4.74 Å². The zero-order valence-electron chi connectivity index (χ0n) is 17.2. The number of nitrogens with one attached hydrogen (secondary N) is 3. The van der Waals surface area contributed by atoms with Gasteiger partial charge in [0.15, 0.2) is 0 Å². The molecule has 1 aliphatic carbocycles. The number of carbonyl (C=O) groups excluding carboxylic acids is 3. The molecule has 3 amide bonds. The van der Waals surface area contributed by atoms with Crippen LogP contribution in [0.25, 0.3) is 0 Å². The number of hydrogen-bond donors (Lipinski definition) is 3. The summed E-state index contributed by atoms with van der Waals surface area (Å²) in [7, 11) is 0. The van der Waals surface area contributed by atoms with Gasteiger partial charge in [-0.05, 0) is 49.9 Å². The lowest BCUT2D eigenvalue weighted by atomic mass is 10.1. The van der Waals surface area contributed by atoms with Crippen LogP contribution in [0.3, 0.4) is 0 Å². The molecule has 3 N–H and O–H groups in total. The summed E-state index contributed by atoms with van der Waals surface area (Å²) in [5, 5.41) is 8.29. The Balaban J connectivity index is 1.43. The average molecular weight is 409 g/mol. The van der Waals surface area contributed by atoms with Gasteiger partial charge < -0.3 is 20.7 Å². The number of anilines is 1. The maximum absolute atomic E-state index is 12.4. The van der Waals surface area contributed by atoms with E-state index in [1.54, 1.807) is 6.92 Å². The van der Waals surface area contributed by atoms with Crippen molar-refractivity contribution >= 4 is 23.6 Å². The maximum Gasteiger partial charge on any atom is 0.408 e. The Bertz CT molecular complexity index is 879. The molecule has 0 radical (unpaired) electrons. The largest absolute Gasteiger partial charge is 0.445 e. The van der Waals surface area contributed by atoms with Gasteiger partial charge in [0.1, 0.15) is 12.6 Å². The summed E-state index contributed by atoms with van der Waals surface area (Å²) in [5.41, 5.74) is 2.51. The summed E-state index contributed by atoms with van der Waals surface area (Å²) >= 11 is 0. The number of ether oxygens (including phenoxy) is 1. The molecule has 0 heterocycles. The highest BCUT2D eigenvalue weighted by Crippen LogP contribution is 2.30. The zero-order valence-corrected chi connectivity index (χ0v) is 17.2. The second-order valence-electron chi connectivity index (χ2n) is 7.54. The number of alkyl carbamates (subject to hydrolysis) is 1. The molecular weight excluding hydrogens is 382 g/mol. The first-order valence-electron chi connectivity index (χ1n) is 10.1. The zero-order chi connectivity index (χ0) is 21.5. The van der Waals surface area contributed by atoms with Crippen LogP contribution in [-0.2, 0) is 20.9 Å². The molecule has 0 spiro atoms. The number of benzene rings is 2. The van der Waals surface area contributed by atoms with Crippen LogP contribution in [0.15, 0.2) is 54.6 Å². The molecule has 2 aromatic rings. The smallest absolute Gasteiger partial charge is 0.408 e. The van der Waals surface area contributed by atoms with Gasteiger partial charge in [0.05, 0.1) is 6.04 Å². The molecule has 0 bridgehead atoms. The Morgan fingerprint density at radius 2 is 1.63 bits per heavy atom. The van der Waals surface area contributed by atoms with Crippen molar-refractivity contribution in [2.75, 3.05) is 5.32 Å². The molecule has 2 atom stereocenters. The molecule has 2 aromatic carbocycles. The van der Waals surface area contributed by atoms with Crippen molar-refractivity contribution in [3.8, 4) is 0 Å². The van der Waals surface area contributed by atoms with Gasteiger partial charge >= 0.3 is 6.09 Å². The Kier molecular flexibility index (Phi) is 7.06. The number of hydrogen-bond acceptors (Lipinski definition) is 4. The highest BCUT2D eigenvalue weighted by atomic mass is 16.5. The predicted molar refractivity (Wildman–Crippen MR) is 114 cm³/mol. The minimum Gasteiger partial charge on any atom is -0.445 e. The SMILES string of the molecule is C[C@H](NC(=O)[C@@H](C)NC(=O)OCc1ccccc1)c1ccc(NC(=O)C2CC2)cc1. The van der Waals surface area contributed by atoms with E-state index < -0.39 is 12.1 Å². The average Bonchev–Trinajstić information content (AvgIpc) is 3.59. The summed E-state index contributed by atoms with van der Waals surface area (Å²) in [6.45, 7) is 3.60. The molecule has 0 unspecified atom stereocenters. The lowest BCUT2D eigenvalue weighted by Crippen LogP contribution is -2.45. The molecule has 30 heavy (non-hydrogen) atoms. The lowest BCUT2D eigenvalue weighted by Gasteiger charge is -2.19.